The van der Waals surface area contributed by atoms with Gasteiger partial charge in [0.25, 0.3) is 5.56 Å². The molecule has 2 aromatic rings. The maximum atomic E-state index is 12.3. The number of pyridine rings is 1. The van der Waals surface area contributed by atoms with Crippen LogP contribution < -0.4 is 16.0 Å². The van der Waals surface area contributed by atoms with Crippen molar-refractivity contribution in [2.24, 2.45) is 0 Å². The van der Waals surface area contributed by atoms with E-state index in [4.69, 9.17) is 10.5 Å². The summed E-state index contributed by atoms with van der Waals surface area (Å²) in [6.07, 6.45) is 0.809. The number of nitrogens with zero attached hydrogens (tertiary/aromatic N) is 1. The number of rotatable bonds is 10. The molecule has 0 aliphatic rings. The van der Waals surface area contributed by atoms with Crippen molar-refractivity contribution < 1.29 is 24.5 Å². The van der Waals surface area contributed by atoms with Crippen LogP contribution in [0, 0.1) is 0 Å². The van der Waals surface area contributed by atoms with E-state index in [1.807, 2.05) is 20.8 Å². The average Bonchev–Trinajstić information content (AvgIpc) is 2.69. The van der Waals surface area contributed by atoms with Crippen molar-refractivity contribution in [3.63, 3.8) is 0 Å². The quantitative estimate of drug-likeness (QED) is 0.461. The van der Waals surface area contributed by atoms with E-state index in [9.17, 15) is 24.6 Å². The van der Waals surface area contributed by atoms with Gasteiger partial charge in [0.1, 0.15) is 22.7 Å². The van der Waals surface area contributed by atoms with Crippen molar-refractivity contribution in [2.75, 3.05) is 25.4 Å². The van der Waals surface area contributed by atoms with Gasteiger partial charge in [-0.25, -0.2) is 9.59 Å². The highest BCUT2D eigenvalue weighted by Gasteiger charge is 2.27. The summed E-state index contributed by atoms with van der Waals surface area (Å²) < 4.78 is 5.82. The molecule has 162 valence electrons. The second-order valence-electron chi connectivity index (χ2n) is 6.74. The Bertz CT molecular complexity index is 995. The second kappa shape index (κ2) is 9.93. The zero-order valence-corrected chi connectivity index (χ0v) is 17.3. The van der Waals surface area contributed by atoms with Gasteiger partial charge in [-0.3, -0.25) is 9.69 Å². The van der Waals surface area contributed by atoms with Crippen LogP contribution in [-0.2, 0) is 6.54 Å². The normalized spacial score (nSPS) is 10.9. The molecule has 0 amide bonds. The fourth-order valence-electron chi connectivity index (χ4n) is 3.23. The molecule has 0 saturated heterocycles. The van der Waals surface area contributed by atoms with Gasteiger partial charge in [0.15, 0.2) is 0 Å². The number of carbonyl (C=O) groups is 2. The number of carboxylic acid groups (broad SMARTS) is 2. The van der Waals surface area contributed by atoms with Gasteiger partial charge in [-0.15, -0.1) is 0 Å². The largest absolute Gasteiger partial charge is 0.493 e. The number of aromatic carboxylic acids is 2. The fourth-order valence-corrected chi connectivity index (χ4v) is 3.23. The van der Waals surface area contributed by atoms with Crippen molar-refractivity contribution in [1.82, 2.24) is 9.88 Å². The summed E-state index contributed by atoms with van der Waals surface area (Å²) in [5.74, 6) is -2.74. The minimum atomic E-state index is -1.54. The summed E-state index contributed by atoms with van der Waals surface area (Å²) >= 11 is 0. The molecule has 0 unspecified atom stereocenters. The van der Waals surface area contributed by atoms with E-state index in [1.54, 1.807) is 18.2 Å². The van der Waals surface area contributed by atoms with Crippen LogP contribution in [0.25, 0.3) is 11.1 Å². The molecule has 0 bridgehead atoms. The number of aromatic amines is 1. The van der Waals surface area contributed by atoms with Crippen LogP contribution in [0.3, 0.4) is 0 Å². The number of anilines is 1. The first-order valence-electron chi connectivity index (χ1n) is 9.75. The van der Waals surface area contributed by atoms with Crippen LogP contribution in [0.15, 0.2) is 23.0 Å². The van der Waals surface area contributed by atoms with Crippen molar-refractivity contribution in [1.29, 1.82) is 0 Å². The number of H-pyrrole nitrogens is 1. The maximum Gasteiger partial charge on any atom is 0.342 e. The number of nitrogens with one attached hydrogen (secondary N) is 1. The summed E-state index contributed by atoms with van der Waals surface area (Å²) in [5, 5.41) is 19.2. The van der Waals surface area contributed by atoms with Crippen molar-refractivity contribution in [2.45, 2.75) is 33.7 Å². The van der Waals surface area contributed by atoms with Gasteiger partial charge in [-0.1, -0.05) is 26.8 Å². The molecule has 1 aromatic heterocycles. The SMILES string of the molecule is CCCOc1ccc(-c2c(C(=O)O)c(N)[nH]c(=O)c2C(=O)O)cc1CN(CC)CC. The van der Waals surface area contributed by atoms with E-state index in [-0.39, 0.29) is 11.1 Å². The lowest BCUT2D eigenvalue weighted by atomic mass is 9.94. The number of benzene rings is 1. The minimum Gasteiger partial charge on any atom is -0.493 e. The Balaban J connectivity index is 2.79. The summed E-state index contributed by atoms with van der Waals surface area (Å²) in [7, 11) is 0. The number of hydrogen-bond donors (Lipinski definition) is 4. The first kappa shape index (κ1) is 23.0. The molecule has 0 spiro atoms. The van der Waals surface area contributed by atoms with Crippen molar-refractivity contribution in [3.05, 3.63) is 45.2 Å². The highest BCUT2D eigenvalue weighted by atomic mass is 16.5. The molecule has 0 atom stereocenters. The number of carboxylic acids is 2. The number of nitrogens with two attached hydrogens (primary N) is 1. The number of ether oxygens (including phenoxy) is 1. The van der Waals surface area contributed by atoms with E-state index < -0.39 is 34.4 Å². The standard InChI is InChI=1S/C21H27N3O6/c1-4-9-30-14-8-7-12(10-13(14)11-24(5-2)6-3)15-16(20(26)27)18(22)23-19(25)17(15)21(28)29/h7-8,10H,4-6,9,11H2,1-3H3,(H,26,27)(H,28,29)(H3,22,23,25). The molecule has 1 aromatic carbocycles. The van der Waals surface area contributed by atoms with Gasteiger partial charge in [0.2, 0.25) is 0 Å². The predicted octanol–water partition coefficient (Wildman–Crippen LogP) is 2.65. The molecular weight excluding hydrogens is 390 g/mol. The van der Waals surface area contributed by atoms with Gasteiger partial charge in [-0.2, -0.15) is 0 Å². The lowest BCUT2D eigenvalue weighted by Gasteiger charge is -2.21. The highest BCUT2D eigenvalue weighted by Crippen LogP contribution is 2.33. The first-order valence-corrected chi connectivity index (χ1v) is 9.75. The second-order valence-corrected chi connectivity index (χ2v) is 6.74. The van der Waals surface area contributed by atoms with Gasteiger partial charge in [-0.05, 0) is 37.2 Å². The van der Waals surface area contributed by atoms with Crippen LogP contribution in [0.5, 0.6) is 5.75 Å². The van der Waals surface area contributed by atoms with Crippen LogP contribution in [0.4, 0.5) is 5.82 Å². The summed E-state index contributed by atoms with van der Waals surface area (Å²) in [6, 6.07) is 4.87. The Morgan fingerprint density at radius 1 is 1.10 bits per heavy atom. The lowest BCUT2D eigenvalue weighted by Crippen LogP contribution is -2.24. The van der Waals surface area contributed by atoms with Gasteiger partial charge >= 0.3 is 11.9 Å². The summed E-state index contributed by atoms with van der Waals surface area (Å²) in [6.45, 7) is 8.60. The summed E-state index contributed by atoms with van der Waals surface area (Å²) in [4.78, 5) is 40.1. The Labute approximate surface area is 174 Å². The number of nitrogen functional groups attached to an aromatic ring is 1. The monoisotopic (exact) mass is 417 g/mol. The van der Waals surface area contributed by atoms with Gasteiger partial charge in [0.05, 0.1) is 6.61 Å². The molecule has 9 nitrogen and oxygen atoms in total. The Morgan fingerprint density at radius 2 is 1.73 bits per heavy atom. The smallest absolute Gasteiger partial charge is 0.342 e. The molecular formula is C21H27N3O6. The van der Waals surface area contributed by atoms with Crippen molar-refractivity contribution >= 4 is 17.8 Å². The molecule has 0 aliphatic heterocycles. The van der Waals surface area contributed by atoms with Crippen LogP contribution in [0.1, 0.15) is 53.5 Å². The summed E-state index contributed by atoms with van der Waals surface area (Å²) in [5.41, 5.74) is 4.45. The Kier molecular flexibility index (Phi) is 7.60. The van der Waals surface area contributed by atoms with E-state index in [0.29, 0.717) is 18.9 Å². The molecule has 2 rings (SSSR count). The molecule has 0 saturated carbocycles. The van der Waals surface area contributed by atoms with E-state index in [0.717, 1.165) is 25.1 Å². The zero-order chi connectivity index (χ0) is 22.4. The molecule has 1 heterocycles. The third kappa shape index (κ3) is 4.80. The Morgan fingerprint density at radius 3 is 2.27 bits per heavy atom. The van der Waals surface area contributed by atoms with E-state index in [2.05, 4.69) is 9.88 Å². The fraction of sp³-hybridized carbons (Fsp3) is 0.381. The van der Waals surface area contributed by atoms with Crippen LogP contribution in [-0.4, -0.2) is 51.7 Å². The predicted molar refractivity (Wildman–Crippen MR) is 113 cm³/mol. The molecule has 0 aliphatic carbocycles. The third-order valence-electron chi connectivity index (χ3n) is 4.77. The molecule has 0 fully saturated rings. The third-order valence-corrected chi connectivity index (χ3v) is 4.77. The van der Waals surface area contributed by atoms with Crippen molar-refractivity contribution in [3.8, 4) is 16.9 Å². The van der Waals surface area contributed by atoms with Gasteiger partial charge in [0, 0.05) is 17.7 Å². The Hall–Kier alpha value is -3.33. The van der Waals surface area contributed by atoms with Crippen LogP contribution >= 0.6 is 0 Å². The van der Waals surface area contributed by atoms with Gasteiger partial charge < -0.3 is 25.7 Å². The molecule has 5 N–H and O–H groups in total. The average molecular weight is 417 g/mol. The van der Waals surface area contributed by atoms with E-state index >= 15 is 0 Å². The number of hydrogen-bond acceptors (Lipinski definition) is 6. The highest BCUT2D eigenvalue weighted by molar-refractivity contribution is 6.07. The minimum absolute atomic E-state index is 0.223. The van der Waals surface area contributed by atoms with Crippen LogP contribution in [0.2, 0.25) is 0 Å². The molecule has 30 heavy (non-hydrogen) atoms. The lowest BCUT2D eigenvalue weighted by molar-refractivity contribution is 0.0695. The molecule has 0 radical (unpaired) electrons. The topological polar surface area (TPSA) is 146 Å². The molecule has 9 heteroatoms. The zero-order valence-electron chi connectivity index (χ0n) is 17.3. The first-order chi connectivity index (χ1) is 14.2. The number of aromatic nitrogens is 1. The maximum absolute atomic E-state index is 12.3. The van der Waals surface area contributed by atoms with E-state index in [1.165, 1.54) is 0 Å².